The largest absolute Gasteiger partial charge is 0.307 e. The maximum atomic E-state index is 2.22. The molecule has 1 atom stereocenters. The maximum Gasteiger partial charge on any atom is -0.0207 e. The average molecular weight is 117 g/mol. The van der Waals surface area contributed by atoms with Crippen LogP contribution in [0.4, 0.5) is 0 Å². The molecule has 1 heteroatoms. The summed E-state index contributed by atoms with van der Waals surface area (Å²) in [5, 5.41) is 0.736. The predicted octanol–water partition coefficient (Wildman–Crippen LogP) is 2.35. The van der Waals surface area contributed by atoms with Crippen LogP contribution in [0, 0.1) is 5.92 Å². The second kappa shape index (κ2) is 3.36. The van der Waals surface area contributed by atoms with Gasteiger partial charge in [-0.25, -0.2) is 0 Å². The zero-order valence-electron chi connectivity index (χ0n) is 5.49. The summed E-state index contributed by atoms with van der Waals surface area (Å²) in [4.78, 5) is 0. The number of thioether (sulfide) groups is 1. The first-order valence-corrected chi connectivity index (χ1v) is 3.80. The lowest BCUT2D eigenvalue weighted by Crippen LogP contribution is -2.01. The minimum absolute atomic E-state index is 0.736. The van der Waals surface area contributed by atoms with Gasteiger partial charge in [-0.05, 0) is 6.26 Å². The smallest absolute Gasteiger partial charge is 0.0207 e. The summed E-state index contributed by atoms with van der Waals surface area (Å²) in [5.41, 5.74) is 0. The van der Waals surface area contributed by atoms with Crippen LogP contribution in [-0.4, -0.2) is 11.5 Å². The van der Waals surface area contributed by atoms with Gasteiger partial charge in [0.15, 0.2) is 0 Å². The average Bonchev–Trinajstić information content (AvgIpc) is 1.65. The van der Waals surface area contributed by atoms with Crippen LogP contribution in [0.5, 0.6) is 0 Å². The third-order valence-corrected chi connectivity index (χ3v) is 2.35. The Kier molecular flexibility index (Phi) is 3.53. The topological polar surface area (TPSA) is 0 Å². The summed E-state index contributed by atoms with van der Waals surface area (Å²) in [6.07, 6.45) is 2.14. The van der Waals surface area contributed by atoms with E-state index in [2.05, 4.69) is 27.0 Å². The maximum absolute atomic E-state index is 2.22. The molecule has 0 radical (unpaired) electrons. The van der Waals surface area contributed by atoms with Gasteiger partial charge in [0.05, 0.1) is 0 Å². The number of rotatable bonds is 2. The quantitative estimate of drug-likeness (QED) is 0.500. The summed E-state index contributed by atoms with van der Waals surface area (Å²) in [6.45, 7) is 6.56. The Morgan fingerprint density at radius 2 is 1.86 bits per heavy atom. The fourth-order valence-electron chi connectivity index (χ4n) is 0.236. The van der Waals surface area contributed by atoms with Crippen LogP contribution in [0.1, 0.15) is 20.8 Å². The lowest BCUT2D eigenvalue weighted by atomic mass is 10.2. The van der Waals surface area contributed by atoms with E-state index >= 15 is 0 Å². The number of hydrogen-bond donors (Lipinski definition) is 0. The van der Waals surface area contributed by atoms with E-state index in [4.69, 9.17) is 0 Å². The second-order valence-electron chi connectivity index (χ2n) is 1.96. The molecule has 0 N–H and O–H groups in total. The van der Waals surface area contributed by atoms with Crippen molar-refractivity contribution in [3.63, 3.8) is 0 Å². The molecular weight excluding hydrogens is 104 g/mol. The van der Waals surface area contributed by atoms with E-state index in [0.29, 0.717) is 0 Å². The Balaban J connectivity index is 3.14. The van der Waals surface area contributed by atoms with Crippen molar-refractivity contribution in [1.29, 1.82) is 0 Å². The van der Waals surface area contributed by atoms with Gasteiger partial charge in [-0.1, -0.05) is 6.92 Å². The molecule has 0 aliphatic heterocycles. The lowest BCUT2D eigenvalue weighted by molar-refractivity contribution is 0.944. The molecule has 1 unspecified atom stereocenters. The third-order valence-electron chi connectivity index (χ3n) is 1.17. The molecule has 0 rings (SSSR count). The Labute approximate surface area is 50.7 Å². The monoisotopic (exact) mass is 117 g/mol. The molecule has 0 bridgehead atoms. The molecule has 0 fully saturated rings. The molecule has 0 saturated carbocycles. The van der Waals surface area contributed by atoms with E-state index in [1.807, 2.05) is 11.8 Å². The molecular formula is C6H13S-. The Bertz CT molecular complexity index is 41.4. The first-order valence-electron chi connectivity index (χ1n) is 2.51. The summed E-state index contributed by atoms with van der Waals surface area (Å²) >= 11 is 1.90. The predicted molar refractivity (Wildman–Crippen MR) is 37.6 cm³/mol. The summed E-state index contributed by atoms with van der Waals surface area (Å²) in [5.74, 6) is 1.51. The molecule has 0 saturated heterocycles. The lowest BCUT2D eigenvalue weighted by Gasteiger charge is -2.24. The zero-order valence-corrected chi connectivity index (χ0v) is 6.30. The van der Waals surface area contributed by atoms with Gasteiger partial charge in [0.1, 0.15) is 0 Å². The third kappa shape index (κ3) is 2.98. The van der Waals surface area contributed by atoms with Crippen molar-refractivity contribution in [3.8, 4) is 0 Å². The molecule has 0 aliphatic carbocycles. The molecule has 0 aromatic rings. The standard InChI is InChI=1S/C6H13S/c1-5(2)6(3)7-4/h6H,1-4H3/q-1. The highest BCUT2D eigenvalue weighted by Crippen LogP contribution is 2.15. The van der Waals surface area contributed by atoms with Gasteiger partial charge in [0, 0.05) is 0 Å². The minimum Gasteiger partial charge on any atom is -0.307 e. The van der Waals surface area contributed by atoms with Crippen LogP contribution < -0.4 is 0 Å². The van der Waals surface area contributed by atoms with Crippen molar-refractivity contribution in [2.45, 2.75) is 26.0 Å². The van der Waals surface area contributed by atoms with Crippen molar-refractivity contribution in [2.24, 2.45) is 0 Å². The van der Waals surface area contributed by atoms with Crippen LogP contribution in [0.2, 0.25) is 0 Å². The van der Waals surface area contributed by atoms with Crippen LogP contribution in [0.3, 0.4) is 0 Å². The van der Waals surface area contributed by atoms with Crippen LogP contribution >= 0.6 is 11.8 Å². The molecule has 0 aliphatic rings. The molecule has 0 heterocycles. The first-order chi connectivity index (χ1) is 3.18. The van der Waals surface area contributed by atoms with E-state index < -0.39 is 0 Å². The van der Waals surface area contributed by atoms with Gasteiger partial charge < -0.3 is 5.92 Å². The Morgan fingerprint density at radius 3 is 1.86 bits per heavy atom. The van der Waals surface area contributed by atoms with E-state index in [1.165, 1.54) is 5.92 Å². The van der Waals surface area contributed by atoms with E-state index in [0.717, 1.165) is 5.25 Å². The Hall–Kier alpha value is 0.350. The zero-order chi connectivity index (χ0) is 5.86. The molecule has 44 valence electrons. The van der Waals surface area contributed by atoms with Gasteiger partial charge >= 0.3 is 0 Å². The highest BCUT2D eigenvalue weighted by molar-refractivity contribution is 7.99. The molecule has 0 aromatic carbocycles. The molecule has 0 nitrogen and oxygen atoms in total. The highest BCUT2D eigenvalue weighted by atomic mass is 32.2. The normalized spacial score (nSPS) is 15.0. The van der Waals surface area contributed by atoms with Crippen molar-refractivity contribution in [2.75, 3.05) is 6.26 Å². The number of hydrogen-bond acceptors (Lipinski definition) is 1. The van der Waals surface area contributed by atoms with Crippen LogP contribution in [0.25, 0.3) is 0 Å². The van der Waals surface area contributed by atoms with E-state index in [-0.39, 0.29) is 0 Å². The molecule has 0 aromatic heterocycles. The highest BCUT2D eigenvalue weighted by Gasteiger charge is 1.87. The van der Waals surface area contributed by atoms with E-state index in [9.17, 15) is 0 Å². The van der Waals surface area contributed by atoms with Gasteiger partial charge in [0.2, 0.25) is 0 Å². The molecule has 0 amide bonds. The van der Waals surface area contributed by atoms with E-state index in [1.54, 1.807) is 0 Å². The fourth-order valence-corrected chi connectivity index (χ4v) is 0.707. The van der Waals surface area contributed by atoms with Crippen molar-refractivity contribution < 1.29 is 0 Å². The van der Waals surface area contributed by atoms with Crippen LogP contribution in [-0.2, 0) is 0 Å². The molecule has 7 heavy (non-hydrogen) atoms. The SMILES string of the molecule is CSC(C)[C-](C)C. The van der Waals surface area contributed by atoms with Crippen molar-refractivity contribution >= 4 is 11.8 Å². The summed E-state index contributed by atoms with van der Waals surface area (Å²) in [6, 6.07) is 0. The second-order valence-corrected chi connectivity index (χ2v) is 3.13. The van der Waals surface area contributed by atoms with Gasteiger partial charge in [-0.15, -0.1) is 5.25 Å². The Morgan fingerprint density at radius 1 is 1.43 bits per heavy atom. The van der Waals surface area contributed by atoms with Crippen molar-refractivity contribution in [1.82, 2.24) is 0 Å². The van der Waals surface area contributed by atoms with Crippen molar-refractivity contribution in [3.05, 3.63) is 5.92 Å². The summed E-state index contributed by atoms with van der Waals surface area (Å²) < 4.78 is 0. The van der Waals surface area contributed by atoms with Crippen LogP contribution in [0.15, 0.2) is 0 Å². The fraction of sp³-hybridized carbons (Fsp3) is 0.833. The molecule has 0 spiro atoms. The van der Waals surface area contributed by atoms with Gasteiger partial charge in [-0.2, -0.15) is 25.6 Å². The van der Waals surface area contributed by atoms with Gasteiger partial charge in [-0.3, -0.25) is 0 Å². The summed E-state index contributed by atoms with van der Waals surface area (Å²) in [7, 11) is 0. The first kappa shape index (κ1) is 7.35. The minimum atomic E-state index is 0.736. The van der Waals surface area contributed by atoms with Gasteiger partial charge in [0.25, 0.3) is 0 Å².